The molecular formula is C31H30F7N5O5. The van der Waals surface area contributed by atoms with Gasteiger partial charge in [0.1, 0.15) is 11.7 Å². The van der Waals surface area contributed by atoms with Crippen molar-refractivity contribution in [3.05, 3.63) is 95.7 Å². The van der Waals surface area contributed by atoms with Gasteiger partial charge in [-0.05, 0) is 60.9 Å². The fourth-order valence-corrected chi connectivity index (χ4v) is 3.79. The Bertz CT molecular complexity index is 1650. The number of carboxylic acid groups (broad SMARTS) is 2. The molecule has 0 unspecified atom stereocenters. The minimum Gasteiger partial charge on any atom is -0.491 e. The number of benzene rings is 3. The van der Waals surface area contributed by atoms with Crippen molar-refractivity contribution in [1.29, 1.82) is 5.41 Å². The largest absolute Gasteiger partial charge is 0.491 e. The number of halogens is 7. The van der Waals surface area contributed by atoms with Gasteiger partial charge in [0.2, 0.25) is 0 Å². The number of rotatable bonds is 9. The Morgan fingerprint density at radius 2 is 1.48 bits per heavy atom. The predicted molar refractivity (Wildman–Crippen MR) is 162 cm³/mol. The number of carboxylic acids is 2. The highest BCUT2D eigenvalue weighted by molar-refractivity contribution is 5.95. The van der Waals surface area contributed by atoms with Crippen molar-refractivity contribution >= 4 is 29.1 Å². The lowest BCUT2D eigenvalue weighted by Crippen LogP contribution is -2.21. The summed E-state index contributed by atoms with van der Waals surface area (Å²) < 4.78 is 84.7. The van der Waals surface area contributed by atoms with Crippen LogP contribution in [0.1, 0.15) is 30.8 Å². The van der Waals surface area contributed by atoms with Crippen LogP contribution in [0.4, 0.5) is 42.1 Å². The monoisotopic (exact) mass is 685 g/mol. The second-order valence-electron chi connectivity index (χ2n) is 9.48. The molecule has 0 radical (unpaired) electrons. The average Bonchev–Trinajstić information content (AvgIpc) is 3.50. The minimum atomic E-state index is -5.08. The number of anilines is 2. The molecular weight excluding hydrogens is 655 g/mol. The number of hydrogen-bond acceptors (Lipinski definition) is 6. The van der Waals surface area contributed by atoms with Gasteiger partial charge in [-0.1, -0.05) is 37.3 Å². The topological polar surface area (TPSA) is 166 Å². The van der Waals surface area contributed by atoms with Gasteiger partial charge in [-0.25, -0.2) is 19.0 Å². The molecule has 4 rings (SSSR count). The molecule has 0 spiro atoms. The zero-order valence-corrected chi connectivity index (χ0v) is 25.3. The summed E-state index contributed by atoms with van der Waals surface area (Å²) in [5.74, 6) is -5.04. The second-order valence-corrected chi connectivity index (χ2v) is 9.48. The maximum atomic E-state index is 15.6. The molecule has 0 fully saturated rings. The molecule has 0 aliphatic rings. The molecule has 4 aromatic rings. The minimum absolute atomic E-state index is 0.0190. The Morgan fingerprint density at radius 3 is 1.94 bits per heavy atom. The number of imidazole rings is 1. The van der Waals surface area contributed by atoms with Crippen LogP contribution in [0.5, 0.6) is 5.75 Å². The third-order valence-corrected chi connectivity index (χ3v) is 6.07. The van der Waals surface area contributed by atoms with Crippen molar-refractivity contribution in [3.8, 4) is 17.0 Å². The van der Waals surface area contributed by atoms with Gasteiger partial charge in [0, 0.05) is 11.3 Å². The van der Waals surface area contributed by atoms with E-state index in [1.807, 2.05) is 67.3 Å². The highest BCUT2D eigenvalue weighted by Gasteiger charge is 2.38. The number of hydrogen-bond donors (Lipinski definition) is 5. The number of aliphatic carboxylic acids is 2. The SMILES string of the molecule is CCOc1cc(CC)cc(N(Cc2ncc(-c3ccccc3)[nH]2)c2ccc(C(=N)N)cc2)c1F.O=C(O)C(F)(F)F.O=C(O)C(F)(F)F. The van der Waals surface area contributed by atoms with E-state index in [-0.39, 0.29) is 11.6 Å². The van der Waals surface area contributed by atoms with Crippen molar-refractivity contribution in [3.63, 3.8) is 0 Å². The number of nitrogens with zero attached hydrogens (tertiary/aromatic N) is 2. The van der Waals surface area contributed by atoms with Gasteiger partial charge in [0.25, 0.3) is 0 Å². The highest BCUT2D eigenvalue weighted by atomic mass is 19.4. The Hall–Kier alpha value is -5.61. The summed E-state index contributed by atoms with van der Waals surface area (Å²) >= 11 is 0. The highest BCUT2D eigenvalue weighted by Crippen LogP contribution is 2.36. The molecule has 0 saturated carbocycles. The Kier molecular flexibility index (Phi) is 13.5. The van der Waals surface area contributed by atoms with E-state index in [4.69, 9.17) is 35.7 Å². The number of carbonyl (C=O) groups is 2. The van der Waals surface area contributed by atoms with E-state index in [1.165, 1.54) is 0 Å². The summed E-state index contributed by atoms with van der Waals surface area (Å²) in [5, 5.41) is 21.9. The number of alkyl halides is 6. The van der Waals surface area contributed by atoms with E-state index in [0.717, 1.165) is 28.9 Å². The van der Waals surface area contributed by atoms with Crippen LogP contribution in [-0.2, 0) is 22.6 Å². The molecule has 1 aromatic heterocycles. The summed E-state index contributed by atoms with van der Waals surface area (Å²) in [6, 6.07) is 20.7. The molecule has 48 heavy (non-hydrogen) atoms. The number of nitrogen functional groups attached to an aromatic ring is 1. The lowest BCUT2D eigenvalue weighted by atomic mass is 10.1. The number of H-pyrrole nitrogens is 1. The van der Waals surface area contributed by atoms with E-state index in [9.17, 15) is 26.3 Å². The fourth-order valence-electron chi connectivity index (χ4n) is 3.79. The number of aryl methyl sites for hydroxylation is 1. The lowest BCUT2D eigenvalue weighted by molar-refractivity contribution is -0.193. The van der Waals surface area contributed by atoms with E-state index in [0.29, 0.717) is 30.2 Å². The molecule has 3 aromatic carbocycles. The standard InChI is InChI=1S/C27H28FN5O.2C2HF3O2/c1-3-18-14-23(26(28)24(15-18)34-4-2)33(21-12-10-20(11-13-21)27(29)30)17-25-31-16-22(32-25)19-8-6-5-7-9-19;2*3-2(4,5)1(6)7/h5-16H,3-4,17H2,1-2H3,(H3,29,30)(H,31,32);2*(H,6,7). The van der Waals surface area contributed by atoms with Gasteiger partial charge < -0.3 is 30.6 Å². The second kappa shape index (κ2) is 16.8. The van der Waals surface area contributed by atoms with Crippen LogP contribution in [-0.4, -0.2) is 56.9 Å². The zero-order chi connectivity index (χ0) is 36.2. The van der Waals surface area contributed by atoms with Crippen molar-refractivity contribution < 1.29 is 55.3 Å². The van der Waals surface area contributed by atoms with Crippen LogP contribution in [0.2, 0.25) is 0 Å². The van der Waals surface area contributed by atoms with E-state index in [2.05, 4.69) is 9.97 Å². The van der Waals surface area contributed by atoms with Crippen molar-refractivity contribution in [1.82, 2.24) is 9.97 Å². The van der Waals surface area contributed by atoms with Crippen LogP contribution in [0.3, 0.4) is 0 Å². The van der Waals surface area contributed by atoms with Crippen molar-refractivity contribution in [2.75, 3.05) is 11.5 Å². The van der Waals surface area contributed by atoms with Crippen LogP contribution in [0.25, 0.3) is 11.3 Å². The maximum absolute atomic E-state index is 15.6. The molecule has 10 nitrogen and oxygen atoms in total. The summed E-state index contributed by atoms with van der Waals surface area (Å²) in [4.78, 5) is 27.6. The number of ether oxygens (including phenoxy) is 1. The van der Waals surface area contributed by atoms with Crippen molar-refractivity contribution in [2.24, 2.45) is 5.73 Å². The molecule has 17 heteroatoms. The first kappa shape index (κ1) is 38.6. The van der Waals surface area contributed by atoms with Gasteiger partial charge in [-0.15, -0.1) is 0 Å². The van der Waals surface area contributed by atoms with E-state index in [1.54, 1.807) is 24.4 Å². The zero-order valence-electron chi connectivity index (χ0n) is 25.3. The maximum Gasteiger partial charge on any atom is 0.490 e. The Morgan fingerprint density at radius 1 is 0.938 bits per heavy atom. The quantitative estimate of drug-likeness (QED) is 0.0709. The molecule has 0 saturated heterocycles. The molecule has 0 aliphatic heterocycles. The molecule has 258 valence electrons. The van der Waals surface area contributed by atoms with Crippen LogP contribution < -0.4 is 15.4 Å². The number of aromatic amines is 1. The van der Waals surface area contributed by atoms with Gasteiger partial charge in [-0.2, -0.15) is 26.3 Å². The van der Waals surface area contributed by atoms with Crippen LogP contribution in [0, 0.1) is 11.2 Å². The molecule has 0 atom stereocenters. The first-order valence-corrected chi connectivity index (χ1v) is 13.8. The Balaban J connectivity index is 0.000000479. The number of amidine groups is 1. The smallest absolute Gasteiger partial charge is 0.490 e. The molecule has 0 bridgehead atoms. The molecule has 0 aliphatic carbocycles. The van der Waals surface area contributed by atoms with Gasteiger partial charge >= 0.3 is 24.3 Å². The molecule has 1 heterocycles. The molecule has 0 amide bonds. The number of nitrogens with two attached hydrogens (primary N) is 1. The number of nitrogens with one attached hydrogen (secondary N) is 2. The van der Waals surface area contributed by atoms with Gasteiger partial charge in [0.15, 0.2) is 11.6 Å². The van der Waals surface area contributed by atoms with E-state index < -0.39 is 30.1 Å². The summed E-state index contributed by atoms with van der Waals surface area (Å²) in [7, 11) is 0. The first-order valence-electron chi connectivity index (χ1n) is 13.8. The summed E-state index contributed by atoms with van der Waals surface area (Å²) in [6.45, 7) is 4.54. The van der Waals surface area contributed by atoms with Crippen LogP contribution >= 0.6 is 0 Å². The first-order chi connectivity index (χ1) is 22.4. The third kappa shape index (κ3) is 11.3. The predicted octanol–water partition coefficient (Wildman–Crippen LogP) is 7.07. The summed E-state index contributed by atoms with van der Waals surface area (Å²) in [6.07, 6.45) is -7.64. The number of aromatic nitrogens is 2. The van der Waals surface area contributed by atoms with E-state index >= 15 is 4.39 Å². The average molecular weight is 686 g/mol. The van der Waals surface area contributed by atoms with Gasteiger partial charge in [-0.3, -0.25) is 5.41 Å². The fraction of sp³-hybridized carbons (Fsp3) is 0.226. The lowest BCUT2D eigenvalue weighted by Gasteiger charge is -2.26. The summed E-state index contributed by atoms with van der Waals surface area (Å²) in [5.41, 5.74) is 10.3. The molecule has 6 N–H and O–H groups in total. The van der Waals surface area contributed by atoms with Crippen LogP contribution in [0.15, 0.2) is 72.9 Å². The van der Waals surface area contributed by atoms with Crippen molar-refractivity contribution in [2.45, 2.75) is 39.2 Å². The third-order valence-electron chi connectivity index (χ3n) is 6.07. The Labute approximate surface area is 269 Å². The normalized spacial score (nSPS) is 10.9. The van der Waals surface area contributed by atoms with Gasteiger partial charge in [0.05, 0.1) is 30.7 Å².